The molecule has 2 aromatic carbocycles. The molecule has 2 aromatic rings. The molecule has 1 aliphatic rings. The summed E-state index contributed by atoms with van der Waals surface area (Å²) in [6.07, 6.45) is 4.71. The molecule has 1 fully saturated rings. The first-order valence-corrected chi connectivity index (χ1v) is 10.0. The van der Waals surface area contributed by atoms with Crippen LogP contribution in [0.3, 0.4) is 0 Å². The summed E-state index contributed by atoms with van der Waals surface area (Å²) in [7, 11) is 0. The van der Waals surface area contributed by atoms with Gasteiger partial charge in [-0.2, -0.15) is 0 Å². The smallest absolute Gasteiger partial charge is 0.0406 e. The Bertz CT molecular complexity index is 679. The highest BCUT2D eigenvalue weighted by Gasteiger charge is 2.28. The van der Waals surface area contributed by atoms with Crippen molar-refractivity contribution in [1.29, 1.82) is 0 Å². The molecule has 0 saturated carbocycles. The fourth-order valence-corrected chi connectivity index (χ4v) is 3.48. The number of hydrogen-bond acceptors (Lipinski definition) is 1. The molecule has 1 heterocycles. The number of nitrogens with one attached hydrogen (secondary N) is 1. The van der Waals surface area contributed by atoms with E-state index in [1.165, 1.54) is 41.5 Å². The first-order chi connectivity index (χ1) is 12.4. The summed E-state index contributed by atoms with van der Waals surface area (Å²) >= 11 is 5.88. The lowest BCUT2D eigenvalue weighted by molar-refractivity contribution is 0.335. The van der Waals surface area contributed by atoms with Gasteiger partial charge in [-0.05, 0) is 73.5 Å². The minimum atomic E-state index is 0.343. The van der Waals surface area contributed by atoms with Crippen LogP contribution in [0.15, 0.2) is 55.1 Å². The highest BCUT2D eigenvalue weighted by molar-refractivity contribution is 6.30. The van der Waals surface area contributed by atoms with E-state index in [0.29, 0.717) is 5.41 Å². The van der Waals surface area contributed by atoms with Crippen LogP contribution in [0.2, 0.25) is 5.02 Å². The molecule has 0 amide bonds. The van der Waals surface area contributed by atoms with Gasteiger partial charge in [-0.1, -0.05) is 80.4 Å². The quantitative estimate of drug-likeness (QED) is 0.625. The van der Waals surface area contributed by atoms with E-state index in [1.807, 2.05) is 12.1 Å². The van der Waals surface area contributed by atoms with Crippen LogP contribution >= 0.6 is 11.6 Å². The number of benzene rings is 2. The summed E-state index contributed by atoms with van der Waals surface area (Å²) in [5.41, 5.74) is 5.60. The zero-order valence-electron chi connectivity index (χ0n) is 16.4. The van der Waals surface area contributed by atoms with Gasteiger partial charge < -0.3 is 5.32 Å². The third-order valence-corrected chi connectivity index (χ3v) is 5.51. The molecule has 0 bridgehead atoms. The van der Waals surface area contributed by atoms with Gasteiger partial charge in [0.25, 0.3) is 0 Å². The molecule has 2 heteroatoms. The number of hydrogen-bond donors (Lipinski definition) is 1. The summed E-state index contributed by atoms with van der Waals surface area (Å²) in [6.45, 7) is 12.9. The topological polar surface area (TPSA) is 12.0 Å². The lowest BCUT2D eigenvalue weighted by atomic mass is 9.75. The van der Waals surface area contributed by atoms with Crippen LogP contribution in [0.5, 0.6) is 0 Å². The molecule has 0 aliphatic carbocycles. The lowest BCUT2D eigenvalue weighted by Gasteiger charge is -2.34. The Kier molecular flexibility index (Phi) is 7.93. The second kappa shape index (κ2) is 9.94. The minimum absolute atomic E-state index is 0.343. The SMILES string of the molecule is C=C(CCC)c1ccc(C)cc1.CC1(c2ccc(Cl)cc2)CCNCC1. The van der Waals surface area contributed by atoms with Crippen molar-refractivity contribution in [3.8, 4) is 0 Å². The Balaban J connectivity index is 0.000000190. The highest BCUT2D eigenvalue weighted by atomic mass is 35.5. The van der Waals surface area contributed by atoms with Gasteiger partial charge in [-0.25, -0.2) is 0 Å². The van der Waals surface area contributed by atoms with Gasteiger partial charge in [-0.15, -0.1) is 0 Å². The van der Waals surface area contributed by atoms with E-state index in [2.05, 4.69) is 69.1 Å². The molecule has 26 heavy (non-hydrogen) atoms. The molecule has 0 spiro atoms. The van der Waals surface area contributed by atoms with Gasteiger partial charge >= 0.3 is 0 Å². The van der Waals surface area contributed by atoms with Crippen molar-refractivity contribution in [2.24, 2.45) is 0 Å². The summed E-state index contributed by atoms with van der Waals surface area (Å²) in [4.78, 5) is 0. The number of halogens is 1. The average molecular weight is 370 g/mol. The zero-order chi connectivity index (χ0) is 19.0. The van der Waals surface area contributed by atoms with Crippen molar-refractivity contribution in [3.63, 3.8) is 0 Å². The molecule has 1 nitrogen and oxygen atoms in total. The number of aryl methyl sites for hydroxylation is 1. The van der Waals surface area contributed by atoms with Crippen molar-refractivity contribution in [2.45, 2.75) is 51.9 Å². The Labute approximate surface area is 164 Å². The summed E-state index contributed by atoms with van der Waals surface area (Å²) in [6, 6.07) is 16.9. The minimum Gasteiger partial charge on any atom is -0.317 e. The van der Waals surface area contributed by atoms with Gasteiger partial charge in [0.05, 0.1) is 0 Å². The summed E-state index contributed by atoms with van der Waals surface area (Å²) < 4.78 is 0. The second-order valence-electron chi connectivity index (χ2n) is 7.54. The molecular weight excluding hydrogens is 338 g/mol. The van der Waals surface area contributed by atoms with E-state index in [1.54, 1.807) is 0 Å². The van der Waals surface area contributed by atoms with Gasteiger partial charge in [0, 0.05) is 5.02 Å². The van der Waals surface area contributed by atoms with E-state index < -0.39 is 0 Å². The Morgan fingerprint density at radius 2 is 1.62 bits per heavy atom. The molecule has 0 radical (unpaired) electrons. The molecule has 0 atom stereocenters. The predicted molar refractivity (Wildman–Crippen MR) is 116 cm³/mol. The van der Waals surface area contributed by atoms with E-state index in [9.17, 15) is 0 Å². The maximum Gasteiger partial charge on any atom is 0.0406 e. The normalized spacial score (nSPS) is 15.7. The van der Waals surface area contributed by atoms with Gasteiger partial charge in [0.15, 0.2) is 0 Å². The lowest BCUT2D eigenvalue weighted by Crippen LogP contribution is -2.37. The average Bonchev–Trinajstić information content (AvgIpc) is 2.64. The first-order valence-electron chi connectivity index (χ1n) is 9.66. The van der Waals surface area contributed by atoms with E-state index in [0.717, 1.165) is 24.5 Å². The molecule has 0 aromatic heterocycles. The largest absolute Gasteiger partial charge is 0.317 e. The summed E-state index contributed by atoms with van der Waals surface area (Å²) in [5, 5.41) is 4.22. The molecule has 1 N–H and O–H groups in total. The Morgan fingerprint density at radius 1 is 1.04 bits per heavy atom. The molecule has 0 unspecified atom stereocenters. The molecule has 1 saturated heterocycles. The van der Waals surface area contributed by atoms with Crippen LogP contribution in [0.1, 0.15) is 56.2 Å². The van der Waals surface area contributed by atoms with E-state index >= 15 is 0 Å². The third-order valence-electron chi connectivity index (χ3n) is 5.26. The van der Waals surface area contributed by atoms with Gasteiger partial charge in [-0.3, -0.25) is 0 Å². The third kappa shape index (κ3) is 6.00. The van der Waals surface area contributed by atoms with Crippen LogP contribution < -0.4 is 5.32 Å². The molecule has 3 rings (SSSR count). The first kappa shape index (κ1) is 20.7. The number of piperidine rings is 1. The fraction of sp³-hybridized carbons (Fsp3) is 0.417. The molecule has 1 aliphatic heterocycles. The van der Waals surface area contributed by atoms with Gasteiger partial charge in [0.1, 0.15) is 0 Å². The highest BCUT2D eigenvalue weighted by Crippen LogP contribution is 2.33. The molecular formula is C24H32ClN. The van der Waals surface area contributed by atoms with Crippen LogP contribution in [0, 0.1) is 6.92 Å². The Morgan fingerprint density at radius 3 is 2.15 bits per heavy atom. The van der Waals surface area contributed by atoms with Crippen LogP contribution in [0.4, 0.5) is 0 Å². The van der Waals surface area contributed by atoms with Crippen LogP contribution in [0.25, 0.3) is 5.57 Å². The van der Waals surface area contributed by atoms with E-state index in [4.69, 9.17) is 11.6 Å². The standard InChI is InChI=1S/C12H16ClN.C12H16/c1-12(6-8-14-9-7-12)10-2-4-11(13)5-3-10;1-4-5-11(3)12-8-6-10(2)7-9-12/h2-5,14H,6-9H2,1H3;6-9H,3-5H2,1-2H3. The van der Waals surface area contributed by atoms with Crippen molar-refractivity contribution in [3.05, 3.63) is 76.8 Å². The van der Waals surface area contributed by atoms with Crippen molar-refractivity contribution >= 4 is 17.2 Å². The van der Waals surface area contributed by atoms with Crippen molar-refractivity contribution in [2.75, 3.05) is 13.1 Å². The monoisotopic (exact) mass is 369 g/mol. The Hall–Kier alpha value is -1.57. The maximum absolute atomic E-state index is 5.88. The second-order valence-corrected chi connectivity index (χ2v) is 7.97. The van der Waals surface area contributed by atoms with E-state index in [-0.39, 0.29) is 0 Å². The maximum atomic E-state index is 5.88. The zero-order valence-corrected chi connectivity index (χ0v) is 17.2. The number of rotatable bonds is 4. The number of allylic oxidation sites excluding steroid dienone is 1. The summed E-state index contributed by atoms with van der Waals surface area (Å²) in [5.74, 6) is 0. The fourth-order valence-electron chi connectivity index (χ4n) is 3.35. The van der Waals surface area contributed by atoms with Crippen molar-refractivity contribution in [1.82, 2.24) is 5.32 Å². The van der Waals surface area contributed by atoms with Crippen LogP contribution in [-0.4, -0.2) is 13.1 Å². The van der Waals surface area contributed by atoms with Gasteiger partial charge in [0.2, 0.25) is 0 Å². The molecule has 140 valence electrons. The predicted octanol–water partition coefficient (Wildman–Crippen LogP) is 6.79. The van der Waals surface area contributed by atoms with Crippen LogP contribution in [-0.2, 0) is 5.41 Å². The van der Waals surface area contributed by atoms with Crippen molar-refractivity contribution < 1.29 is 0 Å².